The molecule has 0 saturated heterocycles. The summed E-state index contributed by atoms with van der Waals surface area (Å²) in [6.07, 6.45) is 4.53. The Hall–Kier alpha value is -0.933. The highest BCUT2D eigenvalue weighted by molar-refractivity contribution is 6.73. The maximum atomic E-state index is 6.69. The van der Waals surface area contributed by atoms with Crippen molar-refractivity contribution >= 4 is 13.9 Å². The van der Waals surface area contributed by atoms with Crippen molar-refractivity contribution in [1.29, 1.82) is 0 Å². The first-order valence-corrected chi connectivity index (χ1v) is 10.9. The Morgan fingerprint density at radius 3 is 2.33 bits per heavy atom. The molecule has 0 aliphatic heterocycles. The van der Waals surface area contributed by atoms with Crippen LogP contribution in [0.15, 0.2) is 23.9 Å². The molecule has 0 fully saturated rings. The van der Waals surface area contributed by atoms with Crippen LogP contribution in [-0.4, -0.2) is 19.4 Å². The molecule has 21 heavy (non-hydrogen) atoms. The Balaban J connectivity index is 2.20. The molecule has 0 amide bonds. The number of rotatable bonds is 6. The predicted octanol–water partition coefficient (Wildman–Crippen LogP) is 5.35. The Kier molecular flexibility index (Phi) is 5.39. The molecule has 116 valence electrons. The van der Waals surface area contributed by atoms with Crippen LogP contribution in [0.1, 0.15) is 51.8 Å². The van der Waals surface area contributed by atoms with Crippen molar-refractivity contribution in [2.45, 2.75) is 71.7 Å². The quantitative estimate of drug-likeness (QED) is 0.661. The lowest BCUT2D eigenvalue weighted by Crippen LogP contribution is -2.39. The molecule has 1 aromatic rings. The third kappa shape index (κ3) is 3.46. The second-order valence-corrected chi connectivity index (χ2v) is 11.0. The van der Waals surface area contributed by atoms with Crippen LogP contribution < -0.4 is 0 Å². The summed E-state index contributed by atoms with van der Waals surface area (Å²) in [5, 5.41) is 0. The topological polar surface area (TPSA) is 22.1 Å². The molecule has 0 bridgehead atoms. The number of nitrogens with zero attached hydrogens (tertiary/aromatic N) is 1. The van der Waals surface area contributed by atoms with Gasteiger partial charge in [0.05, 0.1) is 11.8 Å². The summed E-state index contributed by atoms with van der Waals surface area (Å²) in [5.41, 5.74) is 5.18. The average molecular weight is 304 g/mol. The summed E-state index contributed by atoms with van der Waals surface area (Å²) in [6, 6.07) is 7.98. The van der Waals surface area contributed by atoms with Gasteiger partial charge in [-0.1, -0.05) is 26.8 Å². The molecule has 3 heteroatoms. The van der Waals surface area contributed by atoms with Crippen molar-refractivity contribution in [2.24, 2.45) is 0 Å². The molecule has 1 aromatic heterocycles. The SMILES string of the molecule is CC[Si](CC)(CC)O[C@H]1CCC(c2ccc(C)cn2)=C1C. The lowest BCUT2D eigenvalue weighted by molar-refractivity contribution is 0.221. The van der Waals surface area contributed by atoms with E-state index in [0.29, 0.717) is 6.10 Å². The van der Waals surface area contributed by atoms with E-state index < -0.39 is 8.32 Å². The van der Waals surface area contributed by atoms with E-state index in [9.17, 15) is 0 Å². The lowest BCUT2D eigenvalue weighted by Gasteiger charge is -2.32. The van der Waals surface area contributed by atoms with E-state index in [1.807, 2.05) is 6.20 Å². The number of aryl methyl sites for hydroxylation is 1. The fourth-order valence-corrected chi connectivity index (χ4v) is 6.21. The highest BCUT2D eigenvalue weighted by Gasteiger charge is 2.35. The van der Waals surface area contributed by atoms with Crippen molar-refractivity contribution in [3.05, 3.63) is 35.2 Å². The maximum absolute atomic E-state index is 6.69. The van der Waals surface area contributed by atoms with Gasteiger partial charge < -0.3 is 4.43 Å². The van der Waals surface area contributed by atoms with E-state index in [1.165, 1.54) is 34.8 Å². The summed E-state index contributed by atoms with van der Waals surface area (Å²) in [5.74, 6) is 0. The van der Waals surface area contributed by atoms with Gasteiger partial charge in [0.2, 0.25) is 0 Å². The van der Waals surface area contributed by atoms with Gasteiger partial charge in [0, 0.05) is 6.20 Å². The van der Waals surface area contributed by atoms with E-state index in [2.05, 4.69) is 51.7 Å². The van der Waals surface area contributed by atoms with Gasteiger partial charge in [-0.25, -0.2) is 0 Å². The molecule has 0 N–H and O–H groups in total. The Morgan fingerprint density at radius 2 is 1.81 bits per heavy atom. The summed E-state index contributed by atoms with van der Waals surface area (Å²) >= 11 is 0. The van der Waals surface area contributed by atoms with E-state index >= 15 is 0 Å². The fraction of sp³-hybridized carbons (Fsp3) is 0.611. The minimum atomic E-state index is -1.52. The minimum Gasteiger partial charge on any atom is -0.410 e. The van der Waals surface area contributed by atoms with Gasteiger partial charge in [-0.05, 0) is 67.6 Å². The minimum absolute atomic E-state index is 0.328. The first kappa shape index (κ1) is 16.4. The molecule has 1 heterocycles. The van der Waals surface area contributed by atoms with Crippen LogP contribution in [0.25, 0.3) is 5.57 Å². The van der Waals surface area contributed by atoms with Crippen LogP contribution in [0, 0.1) is 6.92 Å². The largest absolute Gasteiger partial charge is 0.410 e. The monoisotopic (exact) mass is 303 g/mol. The number of hydrogen-bond donors (Lipinski definition) is 0. The molecule has 2 rings (SSSR count). The van der Waals surface area contributed by atoms with Crippen LogP contribution in [0.5, 0.6) is 0 Å². The smallest absolute Gasteiger partial charge is 0.192 e. The third-order valence-corrected chi connectivity index (χ3v) is 9.81. The second kappa shape index (κ2) is 6.88. The van der Waals surface area contributed by atoms with Crippen LogP contribution in [0.3, 0.4) is 0 Å². The van der Waals surface area contributed by atoms with Gasteiger partial charge in [-0.15, -0.1) is 0 Å². The standard InChI is InChI=1S/C18H29NOSi/c1-6-21(7-2,8-3)20-18-12-10-16(15(18)5)17-11-9-14(4)13-19-17/h9,11,13,18H,6-8,10,12H2,1-5H3/t18-/m0/s1. The first-order valence-electron chi connectivity index (χ1n) is 8.35. The summed E-state index contributed by atoms with van der Waals surface area (Å²) in [7, 11) is -1.52. The number of pyridine rings is 1. The molecule has 0 spiro atoms. The van der Waals surface area contributed by atoms with E-state index in [1.54, 1.807) is 0 Å². The third-order valence-electron chi connectivity index (χ3n) is 5.16. The molecule has 1 aliphatic carbocycles. The van der Waals surface area contributed by atoms with Gasteiger partial charge in [0.1, 0.15) is 0 Å². The van der Waals surface area contributed by atoms with Crippen molar-refractivity contribution in [2.75, 3.05) is 0 Å². The van der Waals surface area contributed by atoms with Crippen LogP contribution in [-0.2, 0) is 4.43 Å². The van der Waals surface area contributed by atoms with Crippen molar-refractivity contribution in [3.63, 3.8) is 0 Å². The molecule has 0 radical (unpaired) electrons. The van der Waals surface area contributed by atoms with E-state index in [-0.39, 0.29) is 0 Å². The van der Waals surface area contributed by atoms with Gasteiger partial charge in [0.25, 0.3) is 0 Å². The first-order chi connectivity index (χ1) is 10.0. The lowest BCUT2D eigenvalue weighted by atomic mass is 10.1. The number of aromatic nitrogens is 1. The van der Waals surface area contributed by atoms with Gasteiger partial charge >= 0.3 is 0 Å². The Morgan fingerprint density at radius 1 is 1.14 bits per heavy atom. The van der Waals surface area contributed by atoms with Crippen LogP contribution >= 0.6 is 0 Å². The van der Waals surface area contributed by atoms with Gasteiger partial charge in [-0.2, -0.15) is 0 Å². The van der Waals surface area contributed by atoms with Gasteiger partial charge in [-0.3, -0.25) is 4.98 Å². The molecule has 0 unspecified atom stereocenters. The van der Waals surface area contributed by atoms with Gasteiger partial charge in [0.15, 0.2) is 8.32 Å². The zero-order chi connectivity index (χ0) is 15.5. The molecular formula is C18H29NOSi. The normalized spacial score (nSPS) is 19.4. The Bertz CT molecular complexity index is 494. The summed E-state index contributed by atoms with van der Waals surface area (Å²) < 4.78 is 6.69. The molecule has 2 nitrogen and oxygen atoms in total. The van der Waals surface area contributed by atoms with Crippen molar-refractivity contribution in [1.82, 2.24) is 4.98 Å². The average Bonchev–Trinajstić information content (AvgIpc) is 2.87. The zero-order valence-electron chi connectivity index (χ0n) is 14.2. The summed E-state index contributed by atoms with van der Waals surface area (Å²) in [4.78, 5) is 4.60. The van der Waals surface area contributed by atoms with E-state index in [4.69, 9.17) is 4.43 Å². The van der Waals surface area contributed by atoms with Crippen LogP contribution in [0.4, 0.5) is 0 Å². The molecule has 1 atom stereocenters. The number of hydrogen-bond acceptors (Lipinski definition) is 2. The molecule has 0 aromatic carbocycles. The summed E-state index contributed by atoms with van der Waals surface area (Å²) in [6.45, 7) is 11.2. The van der Waals surface area contributed by atoms with Crippen molar-refractivity contribution < 1.29 is 4.43 Å². The second-order valence-electron chi connectivity index (χ2n) is 6.27. The molecule has 0 saturated carbocycles. The number of allylic oxidation sites excluding steroid dienone is 1. The Labute approximate surface area is 130 Å². The predicted molar refractivity (Wildman–Crippen MR) is 92.9 cm³/mol. The van der Waals surface area contributed by atoms with Crippen LogP contribution in [0.2, 0.25) is 18.1 Å². The highest BCUT2D eigenvalue weighted by Crippen LogP contribution is 2.37. The maximum Gasteiger partial charge on any atom is 0.192 e. The molecule has 1 aliphatic rings. The van der Waals surface area contributed by atoms with E-state index in [0.717, 1.165) is 18.5 Å². The molecular weight excluding hydrogens is 274 g/mol. The fourth-order valence-electron chi connectivity index (χ4n) is 3.31. The highest BCUT2D eigenvalue weighted by atomic mass is 28.4. The van der Waals surface area contributed by atoms with Crippen molar-refractivity contribution in [3.8, 4) is 0 Å². The zero-order valence-corrected chi connectivity index (χ0v) is 15.2.